The molecule has 0 aliphatic carbocycles. The van der Waals surface area contributed by atoms with E-state index in [9.17, 15) is 5.11 Å². The maximum Gasteiger partial charge on any atom is 0.0680 e. The minimum absolute atomic E-state index is 0.127. The Morgan fingerprint density at radius 3 is 2.80 bits per heavy atom. The van der Waals surface area contributed by atoms with Crippen molar-refractivity contribution in [1.29, 1.82) is 0 Å². The summed E-state index contributed by atoms with van der Waals surface area (Å²) in [5.74, 6) is 0.830. The second-order valence-corrected chi connectivity index (χ2v) is 5.09. The molecule has 0 bridgehead atoms. The highest BCUT2D eigenvalue weighted by atomic mass is 16.3. The van der Waals surface area contributed by atoms with Gasteiger partial charge < -0.3 is 15.7 Å². The van der Waals surface area contributed by atoms with E-state index in [-0.39, 0.29) is 6.10 Å². The van der Waals surface area contributed by atoms with Gasteiger partial charge in [0, 0.05) is 19.1 Å². The zero-order valence-electron chi connectivity index (χ0n) is 10.1. The molecule has 0 aromatic carbocycles. The van der Waals surface area contributed by atoms with Gasteiger partial charge in [0.05, 0.1) is 6.10 Å². The lowest BCUT2D eigenvalue weighted by Gasteiger charge is -2.11. The van der Waals surface area contributed by atoms with Gasteiger partial charge in [0.15, 0.2) is 0 Å². The van der Waals surface area contributed by atoms with Gasteiger partial charge in [0.25, 0.3) is 0 Å². The second kappa shape index (κ2) is 7.20. The van der Waals surface area contributed by atoms with Crippen LogP contribution in [0.3, 0.4) is 0 Å². The van der Waals surface area contributed by atoms with Crippen molar-refractivity contribution in [2.75, 3.05) is 19.6 Å². The largest absolute Gasteiger partial charge is 0.392 e. The summed E-state index contributed by atoms with van der Waals surface area (Å²) in [6, 6.07) is 0.477. The SMILES string of the molecule is CC(C)CCCCNCC1CC(O)CN1. The molecule has 0 saturated carbocycles. The van der Waals surface area contributed by atoms with Gasteiger partial charge >= 0.3 is 0 Å². The molecule has 0 radical (unpaired) electrons. The monoisotopic (exact) mass is 214 g/mol. The quantitative estimate of drug-likeness (QED) is 0.557. The van der Waals surface area contributed by atoms with E-state index >= 15 is 0 Å². The van der Waals surface area contributed by atoms with Crippen molar-refractivity contribution in [1.82, 2.24) is 10.6 Å². The van der Waals surface area contributed by atoms with Crippen LogP contribution in [0, 0.1) is 5.92 Å². The zero-order valence-corrected chi connectivity index (χ0v) is 10.1. The molecule has 3 N–H and O–H groups in total. The van der Waals surface area contributed by atoms with Crippen molar-refractivity contribution in [2.24, 2.45) is 5.92 Å². The molecular weight excluding hydrogens is 188 g/mol. The van der Waals surface area contributed by atoms with Gasteiger partial charge in [-0.05, 0) is 25.3 Å². The normalized spacial score (nSPS) is 26.4. The maximum atomic E-state index is 9.31. The molecule has 0 aromatic rings. The Hall–Kier alpha value is -0.120. The molecule has 0 amide bonds. The van der Waals surface area contributed by atoms with Crippen molar-refractivity contribution in [3.63, 3.8) is 0 Å². The first-order chi connectivity index (χ1) is 7.18. The standard InChI is InChI=1S/C12H26N2O/c1-10(2)5-3-4-6-13-8-11-7-12(15)9-14-11/h10-15H,3-9H2,1-2H3. The number of hydrogen-bond acceptors (Lipinski definition) is 3. The molecule has 1 heterocycles. The molecule has 1 fully saturated rings. The van der Waals surface area contributed by atoms with Gasteiger partial charge in [0.2, 0.25) is 0 Å². The highest BCUT2D eigenvalue weighted by Crippen LogP contribution is 2.06. The summed E-state index contributed by atoms with van der Waals surface area (Å²) < 4.78 is 0. The van der Waals surface area contributed by atoms with E-state index in [4.69, 9.17) is 0 Å². The third kappa shape index (κ3) is 6.13. The van der Waals surface area contributed by atoms with Crippen molar-refractivity contribution in [2.45, 2.75) is 51.7 Å². The number of aliphatic hydroxyl groups excluding tert-OH is 1. The smallest absolute Gasteiger partial charge is 0.0680 e. The molecule has 2 unspecified atom stereocenters. The van der Waals surface area contributed by atoms with E-state index in [1.54, 1.807) is 0 Å². The molecule has 0 spiro atoms. The second-order valence-electron chi connectivity index (χ2n) is 5.09. The van der Waals surface area contributed by atoms with E-state index in [0.717, 1.165) is 32.0 Å². The molecule has 2 atom stereocenters. The van der Waals surface area contributed by atoms with Crippen LogP contribution < -0.4 is 10.6 Å². The van der Waals surface area contributed by atoms with Gasteiger partial charge in [0.1, 0.15) is 0 Å². The number of hydrogen-bond donors (Lipinski definition) is 3. The molecular formula is C12H26N2O. The average Bonchev–Trinajstić information content (AvgIpc) is 2.57. The van der Waals surface area contributed by atoms with Gasteiger partial charge in [-0.15, -0.1) is 0 Å². The first kappa shape index (κ1) is 12.9. The Morgan fingerprint density at radius 1 is 1.40 bits per heavy atom. The van der Waals surface area contributed by atoms with E-state index in [2.05, 4.69) is 24.5 Å². The molecule has 1 saturated heterocycles. The van der Waals surface area contributed by atoms with Gasteiger partial charge in [-0.1, -0.05) is 26.7 Å². The summed E-state index contributed by atoms with van der Waals surface area (Å²) in [5, 5.41) is 16.1. The summed E-state index contributed by atoms with van der Waals surface area (Å²) in [6.07, 6.45) is 4.71. The lowest BCUT2D eigenvalue weighted by molar-refractivity contribution is 0.193. The molecule has 1 rings (SSSR count). The van der Waals surface area contributed by atoms with Crippen LogP contribution in [-0.4, -0.2) is 36.9 Å². The highest BCUT2D eigenvalue weighted by molar-refractivity contribution is 4.82. The Labute approximate surface area is 93.6 Å². The maximum absolute atomic E-state index is 9.31. The Bertz CT molecular complexity index is 162. The van der Waals surface area contributed by atoms with E-state index in [1.807, 2.05) is 0 Å². The third-order valence-electron chi connectivity index (χ3n) is 2.97. The summed E-state index contributed by atoms with van der Waals surface area (Å²) in [5.41, 5.74) is 0. The Morgan fingerprint density at radius 2 is 2.20 bits per heavy atom. The fourth-order valence-electron chi connectivity index (χ4n) is 2.03. The Balaban J connectivity index is 1.85. The van der Waals surface area contributed by atoms with E-state index in [1.165, 1.54) is 19.3 Å². The number of unbranched alkanes of at least 4 members (excludes halogenated alkanes) is 1. The van der Waals surface area contributed by atoms with Crippen LogP contribution in [-0.2, 0) is 0 Å². The van der Waals surface area contributed by atoms with Gasteiger partial charge in [-0.2, -0.15) is 0 Å². The van der Waals surface area contributed by atoms with Crippen LogP contribution in [0.5, 0.6) is 0 Å². The van der Waals surface area contributed by atoms with E-state index < -0.39 is 0 Å². The van der Waals surface area contributed by atoms with Crippen molar-refractivity contribution >= 4 is 0 Å². The zero-order chi connectivity index (χ0) is 11.1. The van der Waals surface area contributed by atoms with Gasteiger partial charge in [-0.3, -0.25) is 0 Å². The molecule has 1 aliphatic heterocycles. The summed E-state index contributed by atoms with van der Waals surface area (Å²) >= 11 is 0. The van der Waals surface area contributed by atoms with Gasteiger partial charge in [-0.25, -0.2) is 0 Å². The first-order valence-corrected chi connectivity index (χ1v) is 6.30. The lowest BCUT2D eigenvalue weighted by atomic mass is 10.1. The predicted molar refractivity (Wildman–Crippen MR) is 64.0 cm³/mol. The minimum Gasteiger partial charge on any atom is -0.392 e. The van der Waals surface area contributed by atoms with Crippen LogP contribution >= 0.6 is 0 Å². The third-order valence-corrected chi connectivity index (χ3v) is 2.97. The molecule has 90 valence electrons. The van der Waals surface area contributed by atoms with Crippen LogP contribution in [0.15, 0.2) is 0 Å². The summed E-state index contributed by atoms with van der Waals surface area (Å²) in [4.78, 5) is 0. The molecule has 15 heavy (non-hydrogen) atoms. The van der Waals surface area contributed by atoms with Crippen LogP contribution in [0.25, 0.3) is 0 Å². The topological polar surface area (TPSA) is 44.3 Å². The minimum atomic E-state index is -0.127. The van der Waals surface area contributed by atoms with Crippen molar-refractivity contribution in [3.05, 3.63) is 0 Å². The molecule has 3 heteroatoms. The molecule has 1 aliphatic rings. The van der Waals surface area contributed by atoms with Crippen LogP contribution in [0.4, 0.5) is 0 Å². The van der Waals surface area contributed by atoms with E-state index in [0.29, 0.717) is 6.04 Å². The molecule has 0 aromatic heterocycles. The van der Waals surface area contributed by atoms with Crippen molar-refractivity contribution in [3.8, 4) is 0 Å². The first-order valence-electron chi connectivity index (χ1n) is 6.30. The number of rotatable bonds is 7. The Kier molecular flexibility index (Phi) is 6.22. The predicted octanol–water partition coefficient (Wildman–Crippen LogP) is 1.13. The highest BCUT2D eigenvalue weighted by Gasteiger charge is 2.20. The fourth-order valence-corrected chi connectivity index (χ4v) is 2.03. The average molecular weight is 214 g/mol. The summed E-state index contributed by atoms with van der Waals surface area (Å²) in [6.45, 7) is 7.42. The van der Waals surface area contributed by atoms with Crippen LogP contribution in [0.1, 0.15) is 39.5 Å². The summed E-state index contributed by atoms with van der Waals surface area (Å²) in [7, 11) is 0. The number of nitrogens with one attached hydrogen (secondary N) is 2. The lowest BCUT2D eigenvalue weighted by Crippen LogP contribution is -2.34. The van der Waals surface area contributed by atoms with Crippen molar-refractivity contribution < 1.29 is 5.11 Å². The number of aliphatic hydroxyl groups is 1. The number of β-amino-alcohol motifs (C(OH)–C–C–N with tert-alkyl or cyclic N) is 1. The fraction of sp³-hybridized carbons (Fsp3) is 1.00. The van der Waals surface area contributed by atoms with Crippen LogP contribution in [0.2, 0.25) is 0 Å². The molecule has 3 nitrogen and oxygen atoms in total.